The molecule has 0 unspecified atom stereocenters. The van der Waals surface area contributed by atoms with Crippen LogP contribution in [-0.2, 0) is 25.7 Å². The minimum Gasteiger partial charge on any atom is -0.478 e. The first-order valence-electron chi connectivity index (χ1n) is 9.46. The van der Waals surface area contributed by atoms with E-state index in [1.54, 1.807) is 11.8 Å². The molecule has 28 heavy (non-hydrogen) atoms. The highest BCUT2D eigenvalue weighted by atomic mass is 32.2. The van der Waals surface area contributed by atoms with Gasteiger partial charge in [-0.2, -0.15) is 0 Å². The zero-order valence-electron chi connectivity index (χ0n) is 16.0. The van der Waals surface area contributed by atoms with Crippen LogP contribution in [0.15, 0.2) is 70.7 Å². The minimum absolute atomic E-state index is 0.133. The molecule has 0 aromatic heterocycles. The molecule has 0 bridgehead atoms. The number of hydrogen-bond acceptors (Lipinski definition) is 6. The van der Waals surface area contributed by atoms with Crippen LogP contribution in [0.2, 0.25) is 0 Å². The largest absolute Gasteiger partial charge is 0.478 e. The number of thioether (sulfide) groups is 1. The molecule has 0 spiro atoms. The molecule has 1 heterocycles. The van der Waals surface area contributed by atoms with Gasteiger partial charge in [0.05, 0.1) is 25.6 Å². The first kappa shape index (κ1) is 20.3. The zero-order valence-corrected chi connectivity index (χ0v) is 16.8. The van der Waals surface area contributed by atoms with E-state index in [2.05, 4.69) is 17.3 Å². The molecule has 0 saturated carbocycles. The number of esters is 1. The second kappa shape index (κ2) is 10.8. The predicted octanol–water partition coefficient (Wildman–Crippen LogP) is 4.52. The standard InChI is InChI=1S/C22H25NO4S/c1-2-25-21(24)13-20-18(16-28-19-11-7-4-8-12-19)15-26-22(20)23-27-14-17-9-5-3-6-10-17/h3-12,18,20H,2,13-16H2,1H3/b23-22-/t18-,20-/m0/s1. The van der Waals surface area contributed by atoms with Gasteiger partial charge < -0.3 is 14.3 Å². The lowest BCUT2D eigenvalue weighted by molar-refractivity contribution is -0.143. The molecule has 6 heteroatoms. The van der Waals surface area contributed by atoms with Gasteiger partial charge in [-0.15, -0.1) is 11.8 Å². The van der Waals surface area contributed by atoms with Gasteiger partial charge in [-0.25, -0.2) is 0 Å². The Kier molecular flexibility index (Phi) is 7.79. The van der Waals surface area contributed by atoms with Crippen molar-refractivity contribution in [3.8, 4) is 0 Å². The van der Waals surface area contributed by atoms with Gasteiger partial charge in [0.2, 0.25) is 5.90 Å². The molecule has 0 aliphatic carbocycles. The van der Waals surface area contributed by atoms with Gasteiger partial charge in [0, 0.05) is 16.6 Å². The van der Waals surface area contributed by atoms with Crippen LogP contribution in [0.1, 0.15) is 18.9 Å². The summed E-state index contributed by atoms with van der Waals surface area (Å²) in [7, 11) is 0. The molecule has 0 N–H and O–H groups in total. The van der Waals surface area contributed by atoms with E-state index in [1.165, 1.54) is 4.90 Å². The third-order valence-corrected chi connectivity index (χ3v) is 5.66. The smallest absolute Gasteiger partial charge is 0.306 e. The molecule has 5 nitrogen and oxygen atoms in total. The summed E-state index contributed by atoms with van der Waals surface area (Å²) in [5, 5.41) is 4.20. The third-order valence-electron chi connectivity index (χ3n) is 4.46. The van der Waals surface area contributed by atoms with Gasteiger partial charge in [0.1, 0.15) is 6.61 Å². The molecule has 148 valence electrons. The molecule has 1 aliphatic rings. The lowest BCUT2D eigenvalue weighted by Crippen LogP contribution is -2.23. The van der Waals surface area contributed by atoms with Crippen LogP contribution >= 0.6 is 11.8 Å². The fourth-order valence-corrected chi connectivity index (χ4v) is 4.08. The average Bonchev–Trinajstić information content (AvgIpc) is 3.09. The van der Waals surface area contributed by atoms with Crippen LogP contribution in [0.25, 0.3) is 0 Å². The summed E-state index contributed by atoms with van der Waals surface area (Å²) in [6.07, 6.45) is 0.251. The summed E-state index contributed by atoms with van der Waals surface area (Å²) in [5.74, 6) is 1.14. The number of nitrogens with zero attached hydrogens (tertiary/aromatic N) is 1. The predicted molar refractivity (Wildman–Crippen MR) is 110 cm³/mol. The van der Waals surface area contributed by atoms with Crippen molar-refractivity contribution in [2.24, 2.45) is 17.0 Å². The molecule has 2 atom stereocenters. The summed E-state index contributed by atoms with van der Waals surface area (Å²) in [6.45, 7) is 3.07. The van der Waals surface area contributed by atoms with Gasteiger partial charge in [0.15, 0.2) is 0 Å². The highest BCUT2D eigenvalue weighted by Crippen LogP contribution is 2.32. The van der Waals surface area contributed by atoms with Crippen molar-refractivity contribution in [3.05, 3.63) is 66.2 Å². The maximum Gasteiger partial charge on any atom is 0.306 e. The van der Waals surface area contributed by atoms with Gasteiger partial charge in [0.25, 0.3) is 0 Å². The van der Waals surface area contributed by atoms with E-state index in [0.717, 1.165) is 11.3 Å². The molecule has 2 aromatic rings. The molecule has 1 fully saturated rings. The summed E-state index contributed by atoms with van der Waals surface area (Å²) in [5.41, 5.74) is 1.03. The van der Waals surface area contributed by atoms with E-state index in [4.69, 9.17) is 14.3 Å². The van der Waals surface area contributed by atoms with Crippen LogP contribution in [-0.4, -0.2) is 30.8 Å². The van der Waals surface area contributed by atoms with Crippen molar-refractivity contribution < 1.29 is 19.1 Å². The van der Waals surface area contributed by atoms with Crippen LogP contribution in [0.3, 0.4) is 0 Å². The van der Waals surface area contributed by atoms with Crippen molar-refractivity contribution in [2.75, 3.05) is 19.0 Å². The number of ether oxygens (including phenoxy) is 2. The van der Waals surface area contributed by atoms with Crippen LogP contribution in [0, 0.1) is 11.8 Å². The highest BCUT2D eigenvalue weighted by Gasteiger charge is 2.37. The zero-order chi connectivity index (χ0) is 19.6. The number of carbonyl (C=O) groups excluding carboxylic acids is 1. The lowest BCUT2D eigenvalue weighted by Gasteiger charge is -2.15. The van der Waals surface area contributed by atoms with Crippen molar-refractivity contribution >= 4 is 23.6 Å². The minimum atomic E-state index is -0.233. The number of oxime groups is 1. The topological polar surface area (TPSA) is 57.1 Å². The average molecular weight is 400 g/mol. The van der Waals surface area contributed by atoms with Crippen molar-refractivity contribution in [1.29, 1.82) is 0 Å². The van der Waals surface area contributed by atoms with E-state index >= 15 is 0 Å². The van der Waals surface area contributed by atoms with Crippen LogP contribution in [0.5, 0.6) is 0 Å². The van der Waals surface area contributed by atoms with Gasteiger partial charge in [-0.05, 0) is 24.6 Å². The number of hydrogen-bond donors (Lipinski definition) is 0. The first-order chi connectivity index (χ1) is 13.8. The van der Waals surface area contributed by atoms with Crippen molar-refractivity contribution in [2.45, 2.75) is 24.8 Å². The Balaban J connectivity index is 1.62. The normalized spacial score (nSPS) is 20.0. The maximum atomic E-state index is 12.1. The fourth-order valence-electron chi connectivity index (χ4n) is 2.99. The Morgan fingerprint density at radius 2 is 1.86 bits per heavy atom. The Hall–Kier alpha value is -2.47. The molecular formula is C22H25NO4S. The van der Waals surface area contributed by atoms with E-state index in [0.29, 0.717) is 25.7 Å². The van der Waals surface area contributed by atoms with Gasteiger partial charge in [-0.3, -0.25) is 4.79 Å². The molecule has 1 saturated heterocycles. The van der Waals surface area contributed by atoms with E-state index in [9.17, 15) is 4.79 Å². The maximum absolute atomic E-state index is 12.1. The molecule has 0 amide bonds. The first-order valence-corrected chi connectivity index (χ1v) is 10.4. The Morgan fingerprint density at radius 3 is 2.57 bits per heavy atom. The Labute approximate surface area is 170 Å². The van der Waals surface area contributed by atoms with Gasteiger partial charge >= 0.3 is 5.97 Å². The second-order valence-corrected chi connectivity index (χ2v) is 7.59. The molecule has 0 radical (unpaired) electrons. The van der Waals surface area contributed by atoms with Gasteiger partial charge in [-0.1, -0.05) is 53.7 Å². The third kappa shape index (κ3) is 6.02. The van der Waals surface area contributed by atoms with Crippen molar-refractivity contribution in [1.82, 2.24) is 0 Å². The summed E-state index contributed by atoms with van der Waals surface area (Å²) in [4.78, 5) is 18.8. The lowest BCUT2D eigenvalue weighted by atomic mass is 9.94. The van der Waals surface area contributed by atoms with Crippen LogP contribution in [0.4, 0.5) is 0 Å². The monoisotopic (exact) mass is 399 g/mol. The number of benzene rings is 2. The summed E-state index contributed by atoms with van der Waals surface area (Å²) < 4.78 is 10.9. The Morgan fingerprint density at radius 1 is 1.14 bits per heavy atom. The molecular weight excluding hydrogens is 374 g/mol. The van der Waals surface area contributed by atoms with Crippen molar-refractivity contribution in [3.63, 3.8) is 0 Å². The molecule has 3 rings (SSSR count). The Bertz CT molecular complexity index is 767. The van der Waals surface area contributed by atoms with E-state index in [-0.39, 0.29) is 24.2 Å². The molecule has 1 aliphatic heterocycles. The molecule has 2 aromatic carbocycles. The SMILES string of the molecule is CCOC(=O)C[C@@H]1/C(=N/OCc2ccccc2)OC[C@H]1CSc1ccccc1. The van der Waals surface area contributed by atoms with E-state index in [1.807, 2.05) is 55.5 Å². The number of rotatable bonds is 9. The second-order valence-electron chi connectivity index (χ2n) is 6.50. The summed E-state index contributed by atoms with van der Waals surface area (Å²) in [6, 6.07) is 20.0. The van der Waals surface area contributed by atoms with Crippen LogP contribution < -0.4 is 0 Å². The summed E-state index contributed by atoms with van der Waals surface area (Å²) >= 11 is 1.76. The quantitative estimate of drug-likeness (QED) is 0.352. The number of carbonyl (C=O) groups is 1. The fraction of sp³-hybridized carbons (Fsp3) is 0.364. The highest BCUT2D eigenvalue weighted by molar-refractivity contribution is 7.99. The van der Waals surface area contributed by atoms with E-state index < -0.39 is 0 Å².